The standard InChI is InChI=1S/C8H9ClN2O/c9-6-3-4-7(11-8(6)10)12-5-1-2-5/h3-5H,1-2H2,(H2,10,11). The summed E-state index contributed by atoms with van der Waals surface area (Å²) in [7, 11) is 0. The second kappa shape index (κ2) is 2.83. The average Bonchev–Trinajstić information content (AvgIpc) is 2.81. The summed E-state index contributed by atoms with van der Waals surface area (Å²) in [6.45, 7) is 0. The van der Waals surface area contributed by atoms with Crippen LogP contribution in [0.15, 0.2) is 12.1 Å². The highest BCUT2D eigenvalue weighted by Crippen LogP contribution is 2.27. The van der Waals surface area contributed by atoms with Gasteiger partial charge in [0.05, 0.1) is 5.02 Å². The van der Waals surface area contributed by atoms with Gasteiger partial charge >= 0.3 is 0 Å². The van der Waals surface area contributed by atoms with Gasteiger partial charge in [-0.3, -0.25) is 0 Å². The minimum atomic E-state index is 0.329. The molecule has 0 aromatic carbocycles. The monoisotopic (exact) mass is 184 g/mol. The summed E-state index contributed by atoms with van der Waals surface area (Å²) in [5.41, 5.74) is 5.49. The predicted octanol–water partition coefficient (Wildman–Crippen LogP) is 1.86. The van der Waals surface area contributed by atoms with Crippen molar-refractivity contribution in [1.29, 1.82) is 0 Å². The number of pyridine rings is 1. The zero-order valence-corrected chi connectivity index (χ0v) is 7.21. The van der Waals surface area contributed by atoms with Gasteiger partial charge < -0.3 is 10.5 Å². The van der Waals surface area contributed by atoms with E-state index in [1.54, 1.807) is 12.1 Å². The van der Waals surface area contributed by atoms with Gasteiger partial charge in [-0.25, -0.2) is 0 Å². The largest absolute Gasteiger partial charge is 0.474 e. The lowest BCUT2D eigenvalue weighted by Crippen LogP contribution is -2.00. The SMILES string of the molecule is Nc1nc(OC2CC2)ccc1Cl. The summed E-state index contributed by atoms with van der Waals surface area (Å²) in [4.78, 5) is 3.98. The number of halogens is 1. The van der Waals surface area contributed by atoms with Crippen molar-refractivity contribution in [2.75, 3.05) is 5.73 Å². The Morgan fingerprint density at radius 2 is 2.25 bits per heavy atom. The third kappa shape index (κ3) is 1.61. The molecule has 2 rings (SSSR count). The van der Waals surface area contributed by atoms with E-state index in [9.17, 15) is 0 Å². The Hall–Kier alpha value is -0.960. The normalized spacial score (nSPS) is 16.1. The summed E-state index contributed by atoms with van der Waals surface area (Å²) >= 11 is 5.69. The van der Waals surface area contributed by atoms with E-state index in [0.29, 0.717) is 22.8 Å². The summed E-state index contributed by atoms with van der Waals surface area (Å²) in [5.74, 6) is 0.897. The van der Waals surface area contributed by atoms with Crippen molar-refractivity contribution >= 4 is 17.4 Å². The molecular formula is C8H9ClN2O. The summed E-state index contributed by atoms with van der Waals surface area (Å²) in [5, 5.41) is 0.471. The Kier molecular flexibility index (Phi) is 1.81. The fourth-order valence-corrected chi connectivity index (χ4v) is 0.967. The van der Waals surface area contributed by atoms with Crippen LogP contribution in [0, 0.1) is 0 Å². The Bertz CT molecular complexity index is 299. The third-order valence-corrected chi connectivity index (χ3v) is 1.98. The molecule has 0 spiro atoms. The summed E-state index contributed by atoms with van der Waals surface area (Å²) in [6, 6.07) is 3.43. The highest BCUT2D eigenvalue weighted by Gasteiger charge is 2.24. The number of nitrogens with zero attached hydrogens (tertiary/aromatic N) is 1. The van der Waals surface area contributed by atoms with E-state index in [1.165, 1.54) is 0 Å². The van der Waals surface area contributed by atoms with Gasteiger partial charge in [-0.05, 0) is 18.9 Å². The van der Waals surface area contributed by atoms with E-state index in [4.69, 9.17) is 22.1 Å². The van der Waals surface area contributed by atoms with Crippen molar-refractivity contribution in [3.8, 4) is 5.88 Å². The molecule has 0 bridgehead atoms. The van der Waals surface area contributed by atoms with E-state index in [2.05, 4.69) is 4.98 Å². The van der Waals surface area contributed by atoms with Gasteiger partial charge in [-0.2, -0.15) is 4.98 Å². The molecule has 1 saturated carbocycles. The van der Waals surface area contributed by atoms with E-state index < -0.39 is 0 Å². The maximum Gasteiger partial charge on any atom is 0.215 e. The predicted molar refractivity (Wildman–Crippen MR) is 47.3 cm³/mol. The Morgan fingerprint density at radius 3 is 2.83 bits per heavy atom. The van der Waals surface area contributed by atoms with Crippen molar-refractivity contribution in [1.82, 2.24) is 4.98 Å². The van der Waals surface area contributed by atoms with Crippen LogP contribution in [-0.2, 0) is 0 Å². The van der Waals surface area contributed by atoms with Gasteiger partial charge in [0.1, 0.15) is 11.9 Å². The second-order valence-corrected chi connectivity index (χ2v) is 3.24. The van der Waals surface area contributed by atoms with Crippen LogP contribution in [0.2, 0.25) is 5.02 Å². The van der Waals surface area contributed by atoms with Crippen molar-refractivity contribution in [3.63, 3.8) is 0 Å². The highest BCUT2D eigenvalue weighted by molar-refractivity contribution is 6.32. The molecule has 0 aliphatic heterocycles. The first kappa shape index (κ1) is 7.68. The Labute approximate surface area is 75.5 Å². The maximum atomic E-state index is 5.69. The molecule has 0 radical (unpaired) electrons. The Balaban J connectivity index is 2.15. The molecular weight excluding hydrogens is 176 g/mol. The minimum absolute atomic E-state index is 0.329. The molecule has 4 heteroatoms. The van der Waals surface area contributed by atoms with Gasteiger partial charge in [0.15, 0.2) is 0 Å². The quantitative estimate of drug-likeness (QED) is 0.763. The molecule has 2 N–H and O–H groups in total. The van der Waals surface area contributed by atoms with Crippen LogP contribution in [0.4, 0.5) is 5.82 Å². The molecule has 0 saturated heterocycles. The van der Waals surface area contributed by atoms with Crippen LogP contribution in [0.5, 0.6) is 5.88 Å². The average molecular weight is 185 g/mol. The van der Waals surface area contributed by atoms with Crippen LogP contribution in [0.1, 0.15) is 12.8 Å². The molecule has 0 atom stereocenters. The van der Waals surface area contributed by atoms with E-state index >= 15 is 0 Å². The number of nitrogens with two attached hydrogens (primary N) is 1. The van der Waals surface area contributed by atoms with Gasteiger partial charge in [0, 0.05) is 6.07 Å². The van der Waals surface area contributed by atoms with Gasteiger partial charge in [0.25, 0.3) is 0 Å². The Morgan fingerprint density at radius 1 is 1.50 bits per heavy atom. The first-order valence-electron chi connectivity index (χ1n) is 3.84. The molecule has 64 valence electrons. The fraction of sp³-hybridized carbons (Fsp3) is 0.375. The maximum absolute atomic E-state index is 5.69. The number of ether oxygens (including phenoxy) is 1. The van der Waals surface area contributed by atoms with Crippen LogP contribution >= 0.6 is 11.6 Å². The van der Waals surface area contributed by atoms with Crippen LogP contribution in [0.25, 0.3) is 0 Å². The molecule has 12 heavy (non-hydrogen) atoms. The molecule has 1 aromatic heterocycles. The lowest BCUT2D eigenvalue weighted by atomic mass is 10.4. The lowest BCUT2D eigenvalue weighted by Gasteiger charge is -2.03. The zero-order chi connectivity index (χ0) is 8.55. The summed E-state index contributed by atoms with van der Waals surface area (Å²) < 4.78 is 5.41. The summed E-state index contributed by atoms with van der Waals surface area (Å²) in [6.07, 6.45) is 2.58. The topological polar surface area (TPSA) is 48.1 Å². The second-order valence-electron chi connectivity index (χ2n) is 2.83. The molecule has 0 unspecified atom stereocenters. The zero-order valence-electron chi connectivity index (χ0n) is 6.46. The molecule has 3 nitrogen and oxygen atoms in total. The number of nitrogen functional groups attached to an aromatic ring is 1. The minimum Gasteiger partial charge on any atom is -0.474 e. The smallest absolute Gasteiger partial charge is 0.215 e. The number of rotatable bonds is 2. The van der Waals surface area contributed by atoms with E-state index in [0.717, 1.165) is 12.8 Å². The number of hydrogen-bond donors (Lipinski definition) is 1. The van der Waals surface area contributed by atoms with Gasteiger partial charge in [0.2, 0.25) is 5.88 Å². The third-order valence-electron chi connectivity index (χ3n) is 1.66. The van der Waals surface area contributed by atoms with Gasteiger partial charge in [-0.15, -0.1) is 0 Å². The van der Waals surface area contributed by atoms with Crippen molar-refractivity contribution in [2.45, 2.75) is 18.9 Å². The van der Waals surface area contributed by atoms with Crippen LogP contribution < -0.4 is 10.5 Å². The number of anilines is 1. The van der Waals surface area contributed by atoms with E-state index in [-0.39, 0.29) is 0 Å². The first-order chi connectivity index (χ1) is 5.75. The van der Waals surface area contributed by atoms with Crippen LogP contribution in [0.3, 0.4) is 0 Å². The van der Waals surface area contributed by atoms with Crippen LogP contribution in [-0.4, -0.2) is 11.1 Å². The lowest BCUT2D eigenvalue weighted by molar-refractivity contribution is 0.291. The molecule has 0 amide bonds. The van der Waals surface area contributed by atoms with Crippen molar-refractivity contribution < 1.29 is 4.74 Å². The van der Waals surface area contributed by atoms with Crippen molar-refractivity contribution in [2.24, 2.45) is 0 Å². The molecule has 1 aromatic rings. The molecule has 1 heterocycles. The molecule has 1 aliphatic carbocycles. The first-order valence-corrected chi connectivity index (χ1v) is 4.22. The van der Waals surface area contributed by atoms with Gasteiger partial charge in [-0.1, -0.05) is 11.6 Å². The molecule has 1 fully saturated rings. The number of aromatic nitrogens is 1. The van der Waals surface area contributed by atoms with E-state index in [1.807, 2.05) is 0 Å². The molecule has 1 aliphatic rings. The highest BCUT2D eigenvalue weighted by atomic mass is 35.5. The van der Waals surface area contributed by atoms with Crippen molar-refractivity contribution in [3.05, 3.63) is 17.2 Å². The fourth-order valence-electron chi connectivity index (χ4n) is 0.862. The number of hydrogen-bond acceptors (Lipinski definition) is 3.